The minimum atomic E-state index is -0.303. The van der Waals surface area contributed by atoms with E-state index in [1.807, 2.05) is 24.3 Å². The van der Waals surface area contributed by atoms with E-state index in [1.54, 1.807) is 24.1 Å². The van der Waals surface area contributed by atoms with Crippen LogP contribution in [0, 0.1) is 5.92 Å². The van der Waals surface area contributed by atoms with Crippen molar-refractivity contribution in [2.75, 3.05) is 20.3 Å². The Bertz CT molecular complexity index is 1100. The molecule has 4 rings (SSSR count). The summed E-state index contributed by atoms with van der Waals surface area (Å²) in [6.07, 6.45) is 4.53. The molecule has 1 aliphatic rings. The van der Waals surface area contributed by atoms with Crippen LogP contribution in [0.25, 0.3) is 10.9 Å². The fraction of sp³-hybridized carbons (Fsp3) is 0.333. The third-order valence-corrected chi connectivity index (χ3v) is 5.97. The van der Waals surface area contributed by atoms with Crippen LogP contribution < -0.4 is 5.43 Å². The molecule has 1 amide bonds. The first kappa shape index (κ1) is 20.6. The lowest BCUT2D eigenvalue weighted by Gasteiger charge is -2.22. The monoisotopic (exact) mass is 424 g/mol. The van der Waals surface area contributed by atoms with Crippen LogP contribution in [0.15, 0.2) is 53.5 Å². The summed E-state index contributed by atoms with van der Waals surface area (Å²) in [6, 6.07) is 13.2. The Hall–Kier alpha value is -2.63. The molecule has 6 heteroatoms. The number of nitrogens with one attached hydrogen (secondary N) is 1. The van der Waals surface area contributed by atoms with Gasteiger partial charge < -0.3 is 14.6 Å². The van der Waals surface area contributed by atoms with Crippen LogP contribution in [0.1, 0.15) is 34.3 Å². The van der Waals surface area contributed by atoms with Crippen LogP contribution in [0.3, 0.4) is 0 Å². The summed E-state index contributed by atoms with van der Waals surface area (Å²) in [5, 5.41) is 1.21. The number of benzene rings is 2. The van der Waals surface area contributed by atoms with Crippen LogP contribution in [-0.4, -0.2) is 36.1 Å². The second-order valence-electron chi connectivity index (χ2n) is 7.96. The van der Waals surface area contributed by atoms with Crippen LogP contribution in [0.4, 0.5) is 0 Å². The van der Waals surface area contributed by atoms with Gasteiger partial charge in [0.05, 0.1) is 0 Å². The third kappa shape index (κ3) is 4.58. The van der Waals surface area contributed by atoms with Gasteiger partial charge >= 0.3 is 0 Å². The minimum absolute atomic E-state index is 0.155. The Labute approximate surface area is 180 Å². The van der Waals surface area contributed by atoms with Crippen molar-refractivity contribution >= 4 is 28.4 Å². The van der Waals surface area contributed by atoms with Crippen molar-refractivity contribution in [2.45, 2.75) is 25.8 Å². The first-order valence-corrected chi connectivity index (χ1v) is 10.6. The predicted octanol–water partition coefficient (Wildman–Crippen LogP) is 4.42. The molecular weight excluding hydrogens is 400 g/mol. The molecule has 0 radical (unpaired) electrons. The topological polar surface area (TPSA) is 62.4 Å². The number of aromatic nitrogens is 1. The van der Waals surface area contributed by atoms with Gasteiger partial charge in [0, 0.05) is 48.9 Å². The first-order chi connectivity index (χ1) is 14.5. The molecule has 3 aromatic rings. The average molecular weight is 425 g/mol. The molecule has 30 heavy (non-hydrogen) atoms. The highest BCUT2D eigenvalue weighted by Gasteiger charge is 2.19. The summed E-state index contributed by atoms with van der Waals surface area (Å²) >= 11 is 5.92. The highest BCUT2D eigenvalue weighted by atomic mass is 35.5. The van der Waals surface area contributed by atoms with Gasteiger partial charge in [0.25, 0.3) is 5.91 Å². The zero-order valence-corrected chi connectivity index (χ0v) is 17.7. The van der Waals surface area contributed by atoms with E-state index in [-0.39, 0.29) is 16.9 Å². The third-order valence-electron chi connectivity index (χ3n) is 5.72. The number of hydrogen-bond acceptors (Lipinski definition) is 3. The maximum atomic E-state index is 13.1. The molecule has 0 aliphatic carbocycles. The molecule has 0 atom stereocenters. The molecule has 1 aliphatic heterocycles. The number of nitrogens with zero attached hydrogens (tertiary/aromatic N) is 1. The highest BCUT2D eigenvalue weighted by Crippen LogP contribution is 2.22. The van der Waals surface area contributed by atoms with E-state index in [2.05, 4.69) is 11.1 Å². The van der Waals surface area contributed by atoms with Crippen LogP contribution in [0.2, 0.25) is 5.02 Å². The second kappa shape index (κ2) is 9.02. The summed E-state index contributed by atoms with van der Waals surface area (Å²) in [5.41, 5.74) is 2.74. The van der Waals surface area contributed by atoms with Crippen molar-refractivity contribution in [1.82, 2.24) is 9.88 Å². The van der Waals surface area contributed by atoms with Gasteiger partial charge in [0.15, 0.2) is 0 Å². The predicted molar refractivity (Wildman–Crippen MR) is 119 cm³/mol. The minimum Gasteiger partial charge on any atom is -0.381 e. The molecule has 1 aromatic heterocycles. The Morgan fingerprint density at radius 3 is 2.57 bits per heavy atom. The van der Waals surface area contributed by atoms with E-state index >= 15 is 0 Å². The van der Waals surface area contributed by atoms with E-state index in [4.69, 9.17) is 16.3 Å². The average Bonchev–Trinajstić information content (AvgIpc) is 2.76. The van der Waals surface area contributed by atoms with Crippen molar-refractivity contribution in [3.8, 4) is 0 Å². The van der Waals surface area contributed by atoms with E-state index in [0.29, 0.717) is 22.9 Å². The zero-order chi connectivity index (χ0) is 21.1. The normalized spacial score (nSPS) is 14.7. The fourth-order valence-electron chi connectivity index (χ4n) is 3.98. The van der Waals surface area contributed by atoms with Crippen LogP contribution in [0.5, 0.6) is 0 Å². The van der Waals surface area contributed by atoms with Crippen LogP contribution in [-0.2, 0) is 17.7 Å². The molecule has 1 fully saturated rings. The molecular formula is C24H25ClN2O3. The fourth-order valence-corrected chi connectivity index (χ4v) is 4.10. The molecule has 1 N–H and O–H groups in total. The molecule has 156 valence electrons. The molecule has 1 saturated heterocycles. The number of aromatic amines is 1. The van der Waals surface area contributed by atoms with Gasteiger partial charge in [-0.1, -0.05) is 29.8 Å². The van der Waals surface area contributed by atoms with Crippen molar-refractivity contribution in [2.24, 2.45) is 5.92 Å². The lowest BCUT2D eigenvalue weighted by atomic mass is 9.92. The molecule has 0 unspecified atom stereocenters. The number of rotatable bonds is 5. The number of fused-ring (bicyclic) bond motifs is 1. The summed E-state index contributed by atoms with van der Waals surface area (Å²) in [6.45, 7) is 2.01. The molecule has 0 saturated carbocycles. The Morgan fingerprint density at radius 2 is 1.83 bits per heavy atom. The van der Waals surface area contributed by atoms with E-state index in [9.17, 15) is 9.59 Å². The van der Waals surface area contributed by atoms with Gasteiger partial charge in [0.1, 0.15) is 5.56 Å². The second-order valence-corrected chi connectivity index (χ2v) is 8.40. The number of H-pyrrole nitrogens is 1. The van der Waals surface area contributed by atoms with E-state index in [1.165, 1.54) is 6.20 Å². The lowest BCUT2D eigenvalue weighted by Crippen LogP contribution is -2.30. The van der Waals surface area contributed by atoms with Crippen molar-refractivity contribution < 1.29 is 9.53 Å². The van der Waals surface area contributed by atoms with Crippen molar-refractivity contribution in [1.29, 1.82) is 0 Å². The van der Waals surface area contributed by atoms with Crippen molar-refractivity contribution in [3.05, 3.63) is 80.6 Å². The van der Waals surface area contributed by atoms with Crippen molar-refractivity contribution in [3.63, 3.8) is 0 Å². The smallest absolute Gasteiger partial charge is 0.259 e. The number of hydrogen-bond donors (Lipinski definition) is 1. The summed E-state index contributed by atoms with van der Waals surface area (Å²) in [5.74, 6) is 0.272. The van der Waals surface area contributed by atoms with Gasteiger partial charge in [-0.2, -0.15) is 0 Å². The molecule has 0 bridgehead atoms. The lowest BCUT2D eigenvalue weighted by molar-refractivity contribution is 0.0665. The van der Waals surface area contributed by atoms with Gasteiger partial charge in [-0.3, -0.25) is 9.59 Å². The molecule has 2 heterocycles. The van der Waals surface area contributed by atoms with Gasteiger partial charge in [-0.15, -0.1) is 0 Å². The SMILES string of the molecule is CN(Cc1ccc(Cl)cc1)C(=O)c1c[nH]c2ccc(CC3CCOCC3)cc2c1=O. The molecule has 2 aromatic carbocycles. The number of carbonyl (C=O) groups excluding carboxylic acids is 1. The maximum absolute atomic E-state index is 13.1. The van der Waals surface area contributed by atoms with E-state index < -0.39 is 0 Å². The standard InChI is InChI=1S/C24H25ClN2O3/c1-27(15-17-2-5-19(25)6-3-17)24(29)21-14-26-22-7-4-18(13-20(22)23(21)28)12-16-8-10-30-11-9-16/h2-7,13-14,16H,8-12,15H2,1H3,(H,26,28). The zero-order valence-electron chi connectivity index (χ0n) is 17.0. The van der Waals surface area contributed by atoms with Gasteiger partial charge in [-0.05, 0) is 60.6 Å². The quantitative estimate of drug-likeness (QED) is 0.659. The maximum Gasteiger partial charge on any atom is 0.259 e. The number of halogens is 1. The Kier molecular flexibility index (Phi) is 6.21. The van der Waals surface area contributed by atoms with Gasteiger partial charge in [-0.25, -0.2) is 0 Å². The largest absolute Gasteiger partial charge is 0.381 e. The Morgan fingerprint density at radius 1 is 1.13 bits per heavy atom. The summed E-state index contributed by atoms with van der Waals surface area (Å²) in [4.78, 5) is 30.7. The van der Waals surface area contributed by atoms with E-state index in [0.717, 1.165) is 49.1 Å². The number of ether oxygens (including phenoxy) is 1. The van der Waals surface area contributed by atoms with Gasteiger partial charge in [0.2, 0.25) is 5.43 Å². The number of amides is 1. The summed E-state index contributed by atoms with van der Waals surface area (Å²) < 4.78 is 5.44. The first-order valence-electron chi connectivity index (χ1n) is 10.2. The summed E-state index contributed by atoms with van der Waals surface area (Å²) in [7, 11) is 1.70. The van der Waals surface area contributed by atoms with Crippen LogP contribution >= 0.6 is 11.6 Å². The number of pyridine rings is 1. The number of carbonyl (C=O) groups is 1. The molecule has 0 spiro atoms. The molecule has 5 nitrogen and oxygen atoms in total. The highest BCUT2D eigenvalue weighted by molar-refractivity contribution is 6.30. The Balaban J connectivity index is 1.57.